The zero-order valence-electron chi connectivity index (χ0n) is 9.40. The molecule has 0 unspecified atom stereocenters. The molecule has 1 atom stereocenters. The van der Waals surface area contributed by atoms with Crippen molar-refractivity contribution in [2.75, 3.05) is 13.7 Å². The Morgan fingerprint density at radius 1 is 1.38 bits per heavy atom. The minimum absolute atomic E-state index is 0. The monoisotopic (exact) mass is 243 g/mol. The van der Waals surface area contributed by atoms with Crippen molar-refractivity contribution in [3.8, 4) is 11.5 Å². The van der Waals surface area contributed by atoms with Crippen molar-refractivity contribution in [3.63, 3.8) is 0 Å². The van der Waals surface area contributed by atoms with Crippen LogP contribution in [0.15, 0.2) is 18.2 Å². The van der Waals surface area contributed by atoms with Gasteiger partial charge in [0, 0.05) is 6.04 Å². The van der Waals surface area contributed by atoms with Gasteiger partial charge in [-0.25, -0.2) is 0 Å². The van der Waals surface area contributed by atoms with Gasteiger partial charge in [-0.1, -0.05) is 12.5 Å². The van der Waals surface area contributed by atoms with Gasteiger partial charge in [-0.3, -0.25) is 0 Å². The van der Waals surface area contributed by atoms with Gasteiger partial charge in [0.1, 0.15) is 0 Å². The molecule has 1 aliphatic rings. The van der Waals surface area contributed by atoms with Gasteiger partial charge in [0.2, 0.25) is 0 Å². The summed E-state index contributed by atoms with van der Waals surface area (Å²) in [6.07, 6.45) is 3.65. The minimum Gasteiger partial charge on any atom is -0.504 e. The average Bonchev–Trinajstić information content (AvgIpc) is 2.30. The number of phenolic OH excluding ortho intramolecular Hbond substituents is 1. The van der Waals surface area contributed by atoms with Crippen molar-refractivity contribution in [2.45, 2.75) is 25.3 Å². The number of nitrogens with one attached hydrogen (secondary N) is 1. The number of rotatable bonds is 2. The van der Waals surface area contributed by atoms with Crippen LogP contribution in [0.5, 0.6) is 11.5 Å². The van der Waals surface area contributed by atoms with E-state index in [-0.39, 0.29) is 18.2 Å². The molecule has 0 aromatic heterocycles. The molecule has 90 valence electrons. The third-order valence-corrected chi connectivity index (χ3v) is 2.92. The van der Waals surface area contributed by atoms with Gasteiger partial charge in [-0.15, -0.1) is 12.4 Å². The van der Waals surface area contributed by atoms with E-state index in [4.69, 9.17) is 4.74 Å². The van der Waals surface area contributed by atoms with Crippen molar-refractivity contribution < 1.29 is 9.84 Å². The van der Waals surface area contributed by atoms with E-state index < -0.39 is 0 Å². The Kier molecular flexibility index (Phi) is 4.90. The Labute approximate surface area is 102 Å². The third kappa shape index (κ3) is 2.80. The second-order valence-corrected chi connectivity index (χ2v) is 3.93. The Morgan fingerprint density at radius 2 is 2.19 bits per heavy atom. The first-order valence-corrected chi connectivity index (χ1v) is 5.41. The van der Waals surface area contributed by atoms with Gasteiger partial charge in [-0.2, -0.15) is 0 Å². The summed E-state index contributed by atoms with van der Waals surface area (Å²) in [4.78, 5) is 0. The number of ether oxygens (including phenoxy) is 1. The van der Waals surface area contributed by atoms with Crippen LogP contribution in [0.4, 0.5) is 0 Å². The summed E-state index contributed by atoms with van der Waals surface area (Å²) in [6, 6.07) is 6.01. The lowest BCUT2D eigenvalue weighted by Crippen LogP contribution is -2.26. The van der Waals surface area contributed by atoms with E-state index in [1.54, 1.807) is 13.2 Å². The maximum absolute atomic E-state index is 9.67. The standard InChI is InChI=1S/C12H17NO2.ClH/c1-15-12-6-5-9(8-11(12)14)10-4-2-3-7-13-10;/h5-6,8,10,13-14H,2-4,7H2,1H3;1H/t10-;/m1./s1. The number of aromatic hydroxyl groups is 1. The molecule has 3 nitrogen and oxygen atoms in total. The molecule has 4 heteroatoms. The highest BCUT2D eigenvalue weighted by atomic mass is 35.5. The molecule has 0 radical (unpaired) electrons. The molecule has 16 heavy (non-hydrogen) atoms. The fourth-order valence-electron chi connectivity index (χ4n) is 2.06. The lowest BCUT2D eigenvalue weighted by Gasteiger charge is -2.24. The number of benzene rings is 1. The van der Waals surface area contributed by atoms with Crippen LogP contribution in [0.1, 0.15) is 30.9 Å². The molecule has 1 fully saturated rings. The first-order valence-electron chi connectivity index (χ1n) is 5.41. The first-order chi connectivity index (χ1) is 7.31. The molecule has 2 rings (SSSR count). The quantitative estimate of drug-likeness (QED) is 0.839. The first kappa shape index (κ1) is 13.1. The van der Waals surface area contributed by atoms with Gasteiger partial charge in [-0.05, 0) is 37.1 Å². The Balaban J connectivity index is 0.00000128. The number of methoxy groups -OCH3 is 1. The molecule has 0 bridgehead atoms. The second-order valence-electron chi connectivity index (χ2n) is 3.93. The summed E-state index contributed by atoms with van der Waals surface area (Å²) in [7, 11) is 1.56. The molecule has 2 N–H and O–H groups in total. The molecule has 0 saturated carbocycles. The summed E-state index contributed by atoms with van der Waals surface area (Å²) in [5, 5.41) is 13.1. The molecule has 1 aromatic rings. The van der Waals surface area contributed by atoms with Gasteiger partial charge < -0.3 is 15.2 Å². The normalized spacial score (nSPS) is 19.9. The number of hydrogen-bond acceptors (Lipinski definition) is 3. The molecule has 1 aromatic carbocycles. The smallest absolute Gasteiger partial charge is 0.160 e. The van der Waals surface area contributed by atoms with E-state index in [0.717, 1.165) is 18.5 Å². The van der Waals surface area contributed by atoms with E-state index in [9.17, 15) is 5.11 Å². The summed E-state index contributed by atoms with van der Waals surface area (Å²) in [5.41, 5.74) is 1.15. The van der Waals surface area contributed by atoms with E-state index in [0.29, 0.717) is 11.8 Å². The fraction of sp³-hybridized carbons (Fsp3) is 0.500. The van der Waals surface area contributed by atoms with Crippen LogP contribution < -0.4 is 10.1 Å². The van der Waals surface area contributed by atoms with Crippen molar-refractivity contribution in [1.29, 1.82) is 0 Å². The predicted molar refractivity (Wildman–Crippen MR) is 66.5 cm³/mol. The average molecular weight is 244 g/mol. The molecule has 1 heterocycles. The Bertz CT molecular complexity index is 338. The fourth-order valence-corrected chi connectivity index (χ4v) is 2.06. The highest BCUT2D eigenvalue weighted by molar-refractivity contribution is 5.85. The van der Waals surface area contributed by atoms with Crippen LogP contribution in [0.3, 0.4) is 0 Å². The highest BCUT2D eigenvalue weighted by Crippen LogP contribution is 2.31. The number of piperidine rings is 1. The van der Waals surface area contributed by atoms with Crippen LogP contribution in [-0.4, -0.2) is 18.8 Å². The van der Waals surface area contributed by atoms with Gasteiger partial charge >= 0.3 is 0 Å². The van der Waals surface area contributed by atoms with Crippen LogP contribution in [0.25, 0.3) is 0 Å². The van der Waals surface area contributed by atoms with E-state index in [1.807, 2.05) is 12.1 Å². The Hall–Kier alpha value is -0.930. The largest absolute Gasteiger partial charge is 0.504 e. The van der Waals surface area contributed by atoms with Gasteiger partial charge in [0.05, 0.1) is 7.11 Å². The van der Waals surface area contributed by atoms with Crippen molar-refractivity contribution in [1.82, 2.24) is 5.32 Å². The lowest BCUT2D eigenvalue weighted by molar-refractivity contribution is 0.369. The SMILES string of the molecule is COc1ccc([C@H]2CCCCN2)cc1O.Cl. The summed E-state index contributed by atoms with van der Waals surface area (Å²) in [6.45, 7) is 1.07. The minimum atomic E-state index is 0. The summed E-state index contributed by atoms with van der Waals surface area (Å²) in [5.74, 6) is 0.761. The van der Waals surface area contributed by atoms with E-state index in [1.165, 1.54) is 12.8 Å². The van der Waals surface area contributed by atoms with Crippen LogP contribution in [0.2, 0.25) is 0 Å². The maximum Gasteiger partial charge on any atom is 0.160 e. The predicted octanol–water partition coefficient (Wildman–Crippen LogP) is 2.64. The second kappa shape index (κ2) is 5.97. The van der Waals surface area contributed by atoms with Crippen molar-refractivity contribution in [3.05, 3.63) is 23.8 Å². The molecule has 1 aliphatic heterocycles. The van der Waals surface area contributed by atoms with Crippen LogP contribution in [0, 0.1) is 0 Å². The number of hydrogen-bond donors (Lipinski definition) is 2. The molecular weight excluding hydrogens is 226 g/mol. The molecule has 0 spiro atoms. The van der Waals surface area contributed by atoms with Crippen LogP contribution in [-0.2, 0) is 0 Å². The van der Waals surface area contributed by atoms with Gasteiger partial charge in [0.25, 0.3) is 0 Å². The topological polar surface area (TPSA) is 41.5 Å². The zero-order valence-corrected chi connectivity index (χ0v) is 10.2. The van der Waals surface area contributed by atoms with Gasteiger partial charge in [0.15, 0.2) is 11.5 Å². The number of halogens is 1. The summed E-state index contributed by atoms with van der Waals surface area (Å²) < 4.78 is 5.02. The van der Waals surface area contributed by atoms with Crippen LogP contribution >= 0.6 is 12.4 Å². The molecule has 0 aliphatic carbocycles. The third-order valence-electron chi connectivity index (χ3n) is 2.92. The zero-order chi connectivity index (χ0) is 10.7. The highest BCUT2D eigenvalue weighted by Gasteiger charge is 2.15. The molecular formula is C12H18ClNO2. The maximum atomic E-state index is 9.67. The lowest BCUT2D eigenvalue weighted by atomic mass is 9.97. The number of phenols is 1. The van der Waals surface area contributed by atoms with E-state index >= 15 is 0 Å². The van der Waals surface area contributed by atoms with Crippen molar-refractivity contribution in [2.24, 2.45) is 0 Å². The summed E-state index contributed by atoms with van der Waals surface area (Å²) >= 11 is 0. The Morgan fingerprint density at radius 3 is 2.75 bits per heavy atom. The van der Waals surface area contributed by atoms with E-state index in [2.05, 4.69) is 5.32 Å². The molecule has 1 saturated heterocycles. The van der Waals surface area contributed by atoms with Crippen molar-refractivity contribution >= 4 is 12.4 Å². The molecule has 0 amide bonds.